The summed E-state index contributed by atoms with van der Waals surface area (Å²) in [7, 11) is 0. The number of benzene rings is 2. The first kappa shape index (κ1) is 23.2. The minimum Gasteiger partial charge on any atom is -0.449 e. The summed E-state index contributed by atoms with van der Waals surface area (Å²) in [5.41, 5.74) is 4.31. The van der Waals surface area contributed by atoms with Gasteiger partial charge in [0.25, 0.3) is 0 Å². The van der Waals surface area contributed by atoms with Crippen molar-refractivity contribution in [2.24, 2.45) is 0 Å². The number of imidazole rings is 1. The van der Waals surface area contributed by atoms with E-state index in [1.54, 1.807) is 20.8 Å². The molecule has 2 aromatic carbocycles. The predicted molar refractivity (Wildman–Crippen MR) is 126 cm³/mol. The van der Waals surface area contributed by atoms with E-state index in [1.807, 2.05) is 36.4 Å². The van der Waals surface area contributed by atoms with Crippen molar-refractivity contribution in [3.8, 4) is 11.1 Å². The van der Waals surface area contributed by atoms with Gasteiger partial charge in [0.15, 0.2) is 0 Å². The smallest absolute Gasteiger partial charge is 0.419 e. The van der Waals surface area contributed by atoms with Crippen LogP contribution >= 0.6 is 0 Å². The summed E-state index contributed by atoms with van der Waals surface area (Å²) < 4.78 is 12.0. The second-order valence-electron chi connectivity index (χ2n) is 9.17. The van der Waals surface area contributed by atoms with Crippen molar-refractivity contribution in [3.05, 3.63) is 77.9 Å². The number of aldehydes is 1. The van der Waals surface area contributed by atoms with Crippen molar-refractivity contribution in [1.29, 1.82) is 0 Å². The van der Waals surface area contributed by atoms with E-state index in [4.69, 9.17) is 9.47 Å². The zero-order valence-corrected chi connectivity index (χ0v) is 19.4. The molecule has 0 radical (unpaired) electrons. The maximum atomic E-state index is 12.5. The molecule has 1 aliphatic rings. The van der Waals surface area contributed by atoms with E-state index in [2.05, 4.69) is 22.4 Å². The third-order valence-corrected chi connectivity index (χ3v) is 5.48. The van der Waals surface area contributed by atoms with E-state index >= 15 is 0 Å². The summed E-state index contributed by atoms with van der Waals surface area (Å²) in [6.07, 6.45) is 2.27. The molecule has 0 spiro atoms. The number of carbonyl (C=O) groups excluding carboxylic acids is 3. The zero-order valence-electron chi connectivity index (χ0n) is 19.4. The van der Waals surface area contributed by atoms with Gasteiger partial charge >= 0.3 is 12.2 Å². The fourth-order valence-corrected chi connectivity index (χ4v) is 4.03. The maximum Gasteiger partial charge on any atom is 0.419 e. The van der Waals surface area contributed by atoms with Crippen LogP contribution in [-0.2, 0) is 20.7 Å². The van der Waals surface area contributed by atoms with Crippen molar-refractivity contribution < 1.29 is 23.9 Å². The number of rotatable bonds is 6. The van der Waals surface area contributed by atoms with Crippen molar-refractivity contribution in [2.75, 3.05) is 6.61 Å². The standard InChI is InChI=1S/C26H27N3O5/c1-26(2,3)34-25(32)29-13-17(27-16-29)12-18(14-30)28-24(31)33-15-23-21-10-6-4-8-19(21)20-9-5-7-11-22(20)23/h4-11,13-14,16,18,23H,12,15H2,1-3H3,(H,28,31). The van der Waals surface area contributed by atoms with E-state index in [0.717, 1.165) is 22.3 Å². The Morgan fingerprint density at radius 2 is 1.71 bits per heavy atom. The van der Waals surface area contributed by atoms with Crippen LogP contribution in [0.15, 0.2) is 61.1 Å². The van der Waals surface area contributed by atoms with Crippen LogP contribution in [0.4, 0.5) is 9.59 Å². The summed E-state index contributed by atoms with van der Waals surface area (Å²) in [6.45, 7) is 5.45. The van der Waals surface area contributed by atoms with Crippen LogP contribution in [-0.4, -0.2) is 46.3 Å². The van der Waals surface area contributed by atoms with Gasteiger partial charge in [0, 0.05) is 18.5 Å². The number of nitrogens with one attached hydrogen (secondary N) is 1. The van der Waals surface area contributed by atoms with Gasteiger partial charge in [-0.1, -0.05) is 48.5 Å². The lowest BCUT2D eigenvalue weighted by Crippen LogP contribution is -2.38. The molecule has 34 heavy (non-hydrogen) atoms. The van der Waals surface area contributed by atoms with Gasteiger partial charge in [-0.3, -0.25) is 0 Å². The van der Waals surface area contributed by atoms with Crippen LogP contribution in [0.1, 0.15) is 43.5 Å². The summed E-state index contributed by atoms with van der Waals surface area (Å²) >= 11 is 0. The Kier molecular flexibility index (Phi) is 6.49. The lowest BCUT2D eigenvalue weighted by molar-refractivity contribution is -0.109. The fourth-order valence-electron chi connectivity index (χ4n) is 4.03. The lowest BCUT2D eigenvalue weighted by atomic mass is 9.98. The van der Waals surface area contributed by atoms with E-state index in [-0.39, 0.29) is 18.9 Å². The lowest BCUT2D eigenvalue weighted by Gasteiger charge is -2.19. The zero-order chi connectivity index (χ0) is 24.3. The molecular weight excluding hydrogens is 434 g/mol. The van der Waals surface area contributed by atoms with E-state index in [0.29, 0.717) is 12.0 Å². The van der Waals surface area contributed by atoms with Crippen LogP contribution in [0.2, 0.25) is 0 Å². The number of amides is 1. The van der Waals surface area contributed by atoms with Crippen molar-refractivity contribution >= 4 is 18.5 Å². The molecule has 4 rings (SSSR count). The molecule has 1 aromatic heterocycles. The fraction of sp³-hybridized carbons (Fsp3) is 0.308. The molecule has 176 valence electrons. The van der Waals surface area contributed by atoms with Crippen LogP contribution in [0, 0.1) is 0 Å². The number of carbonyl (C=O) groups is 3. The van der Waals surface area contributed by atoms with Crippen molar-refractivity contribution in [2.45, 2.75) is 44.8 Å². The van der Waals surface area contributed by atoms with Gasteiger partial charge in [0.05, 0.1) is 11.7 Å². The topological polar surface area (TPSA) is 99.5 Å². The number of hydrogen-bond donors (Lipinski definition) is 1. The van der Waals surface area contributed by atoms with Gasteiger partial charge in [0.2, 0.25) is 0 Å². The van der Waals surface area contributed by atoms with Gasteiger partial charge in [-0.05, 0) is 43.0 Å². The van der Waals surface area contributed by atoms with Crippen LogP contribution < -0.4 is 5.32 Å². The summed E-state index contributed by atoms with van der Waals surface area (Å²) in [4.78, 5) is 40.3. The van der Waals surface area contributed by atoms with Gasteiger partial charge in [-0.2, -0.15) is 0 Å². The Balaban J connectivity index is 1.35. The number of alkyl carbamates (subject to hydrolysis) is 1. The normalized spacial score (nSPS) is 13.5. The molecule has 1 unspecified atom stereocenters. The number of hydrogen-bond acceptors (Lipinski definition) is 6. The Hall–Kier alpha value is -3.94. The molecule has 1 amide bonds. The van der Waals surface area contributed by atoms with Crippen LogP contribution in [0.3, 0.4) is 0 Å². The average molecular weight is 462 g/mol. The Labute approximate surface area is 197 Å². The molecule has 0 saturated heterocycles. The highest BCUT2D eigenvalue weighted by Gasteiger charge is 2.29. The third-order valence-electron chi connectivity index (χ3n) is 5.48. The first-order chi connectivity index (χ1) is 16.2. The first-order valence-electron chi connectivity index (χ1n) is 11.1. The largest absolute Gasteiger partial charge is 0.449 e. The van der Waals surface area contributed by atoms with E-state index in [9.17, 15) is 14.4 Å². The minimum absolute atomic E-state index is 0.0719. The molecule has 1 N–H and O–H groups in total. The SMILES string of the molecule is CC(C)(C)OC(=O)n1cnc(CC(C=O)NC(=O)OCC2c3ccccc3-c3ccccc32)c1. The highest BCUT2D eigenvalue weighted by Crippen LogP contribution is 2.44. The monoisotopic (exact) mass is 461 g/mol. The summed E-state index contributed by atoms with van der Waals surface area (Å²) in [5, 5.41) is 2.57. The first-order valence-corrected chi connectivity index (χ1v) is 11.1. The molecule has 0 bridgehead atoms. The Morgan fingerprint density at radius 1 is 1.09 bits per heavy atom. The van der Waals surface area contributed by atoms with Gasteiger partial charge in [0.1, 0.15) is 24.8 Å². The molecular formula is C26H27N3O5. The summed E-state index contributed by atoms with van der Waals surface area (Å²) in [5.74, 6) is -0.0719. The minimum atomic E-state index is -0.849. The highest BCUT2D eigenvalue weighted by atomic mass is 16.6. The Morgan fingerprint density at radius 3 is 2.29 bits per heavy atom. The van der Waals surface area contributed by atoms with E-state index < -0.39 is 23.8 Å². The van der Waals surface area contributed by atoms with Gasteiger partial charge < -0.3 is 19.6 Å². The number of aromatic nitrogens is 2. The molecule has 8 heteroatoms. The molecule has 1 heterocycles. The van der Waals surface area contributed by atoms with Gasteiger partial charge in [-0.15, -0.1) is 0 Å². The van der Waals surface area contributed by atoms with E-state index in [1.165, 1.54) is 17.1 Å². The average Bonchev–Trinajstić information content (AvgIpc) is 3.39. The molecule has 1 atom stereocenters. The number of ether oxygens (including phenoxy) is 2. The second kappa shape index (κ2) is 9.51. The molecule has 0 aliphatic heterocycles. The molecule has 8 nitrogen and oxygen atoms in total. The van der Waals surface area contributed by atoms with Gasteiger partial charge in [-0.25, -0.2) is 19.1 Å². The molecule has 3 aromatic rings. The van der Waals surface area contributed by atoms with Crippen molar-refractivity contribution in [3.63, 3.8) is 0 Å². The third kappa shape index (κ3) is 5.17. The number of nitrogens with zero attached hydrogens (tertiary/aromatic N) is 2. The summed E-state index contributed by atoms with van der Waals surface area (Å²) in [6, 6.07) is 15.3. The highest BCUT2D eigenvalue weighted by molar-refractivity contribution is 5.79. The molecule has 0 fully saturated rings. The van der Waals surface area contributed by atoms with Crippen molar-refractivity contribution in [1.82, 2.24) is 14.9 Å². The molecule has 0 saturated carbocycles. The number of fused-ring (bicyclic) bond motifs is 3. The van der Waals surface area contributed by atoms with Crippen LogP contribution in [0.5, 0.6) is 0 Å². The quantitative estimate of drug-likeness (QED) is 0.549. The maximum absolute atomic E-state index is 12.5. The second-order valence-corrected chi connectivity index (χ2v) is 9.17. The van der Waals surface area contributed by atoms with Crippen LogP contribution in [0.25, 0.3) is 11.1 Å². The molecule has 1 aliphatic carbocycles. The predicted octanol–water partition coefficient (Wildman–Crippen LogP) is 4.32. The Bertz CT molecular complexity index is 1170.